The zero-order valence-electron chi connectivity index (χ0n) is 14.0. The standard InChI is InChI=1S/C20H20FNO3/c1-20(24,18-12-15-7-3-5-9-17(15)25-18)13-22-19(23)11-10-14-6-2-4-8-16(14)21/h2-9,12,24H,10-11,13H2,1H3,(H,22,23)/t20-/m0/s1. The van der Waals surface area contributed by atoms with Crippen LogP contribution in [0.3, 0.4) is 0 Å². The zero-order valence-corrected chi connectivity index (χ0v) is 14.0. The molecule has 0 saturated heterocycles. The molecule has 0 fully saturated rings. The summed E-state index contributed by atoms with van der Waals surface area (Å²) in [5.74, 6) is -0.174. The lowest BCUT2D eigenvalue weighted by atomic mass is 10.0. The Morgan fingerprint density at radius 1 is 1.20 bits per heavy atom. The summed E-state index contributed by atoms with van der Waals surface area (Å²) in [6.45, 7) is 1.60. The molecule has 0 unspecified atom stereocenters. The maximum Gasteiger partial charge on any atom is 0.220 e. The van der Waals surface area contributed by atoms with Crippen LogP contribution in [0.4, 0.5) is 4.39 Å². The highest BCUT2D eigenvalue weighted by Gasteiger charge is 2.28. The number of rotatable bonds is 6. The molecule has 1 atom stereocenters. The second kappa shape index (κ2) is 7.07. The summed E-state index contributed by atoms with van der Waals surface area (Å²) in [5, 5.41) is 14.2. The number of carbonyl (C=O) groups excluding carboxylic acids is 1. The lowest BCUT2D eigenvalue weighted by Crippen LogP contribution is -2.38. The van der Waals surface area contributed by atoms with Gasteiger partial charge in [0.15, 0.2) is 0 Å². The second-order valence-electron chi connectivity index (χ2n) is 6.29. The number of fused-ring (bicyclic) bond motifs is 1. The van der Waals surface area contributed by atoms with E-state index in [1.807, 2.05) is 24.3 Å². The van der Waals surface area contributed by atoms with Crippen molar-refractivity contribution in [3.05, 3.63) is 71.7 Å². The van der Waals surface area contributed by atoms with Gasteiger partial charge < -0.3 is 14.8 Å². The molecule has 0 bridgehead atoms. The van der Waals surface area contributed by atoms with Crippen LogP contribution in [0.2, 0.25) is 0 Å². The van der Waals surface area contributed by atoms with E-state index in [0.717, 1.165) is 5.39 Å². The van der Waals surface area contributed by atoms with E-state index in [0.29, 0.717) is 23.3 Å². The smallest absolute Gasteiger partial charge is 0.220 e. The third-order valence-corrected chi connectivity index (χ3v) is 4.17. The first-order chi connectivity index (χ1) is 12.0. The fraction of sp³-hybridized carbons (Fsp3) is 0.250. The number of furan rings is 1. The predicted molar refractivity (Wildman–Crippen MR) is 93.5 cm³/mol. The van der Waals surface area contributed by atoms with Crippen LogP contribution in [0.1, 0.15) is 24.7 Å². The number of para-hydroxylation sites is 1. The van der Waals surface area contributed by atoms with E-state index < -0.39 is 5.60 Å². The number of carbonyl (C=O) groups is 1. The molecule has 0 aliphatic carbocycles. The van der Waals surface area contributed by atoms with E-state index in [-0.39, 0.29) is 24.7 Å². The molecule has 1 aromatic heterocycles. The van der Waals surface area contributed by atoms with Gasteiger partial charge in [-0.15, -0.1) is 0 Å². The van der Waals surface area contributed by atoms with E-state index in [9.17, 15) is 14.3 Å². The molecule has 0 spiro atoms. The van der Waals surface area contributed by atoms with Crippen molar-refractivity contribution in [3.63, 3.8) is 0 Å². The van der Waals surface area contributed by atoms with Gasteiger partial charge in [0.25, 0.3) is 0 Å². The number of amides is 1. The van der Waals surface area contributed by atoms with Crippen LogP contribution in [-0.4, -0.2) is 17.6 Å². The summed E-state index contributed by atoms with van der Waals surface area (Å²) in [6, 6.07) is 15.6. The summed E-state index contributed by atoms with van der Waals surface area (Å²) < 4.78 is 19.2. The first kappa shape index (κ1) is 17.2. The molecule has 3 aromatic rings. The Bertz CT molecular complexity index is 852. The van der Waals surface area contributed by atoms with E-state index in [1.54, 1.807) is 31.2 Å². The van der Waals surface area contributed by atoms with Crippen LogP contribution in [0, 0.1) is 5.82 Å². The van der Waals surface area contributed by atoms with Crippen molar-refractivity contribution in [1.29, 1.82) is 0 Å². The summed E-state index contributed by atoms with van der Waals surface area (Å²) in [6.07, 6.45) is 0.461. The number of nitrogens with one attached hydrogen (secondary N) is 1. The van der Waals surface area contributed by atoms with Crippen LogP contribution in [0.25, 0.3) is 11.0 Å². The number of benzene rings is 2. The molecule has 0 radical (unpaired) electrons. The van der Waals surface area contributed by atoms with Gasteiger partial charge in [-0.2, -0.15) is 0 Å². The zero-order chi connectivity index (χ0) is 17.9. The van der Waals surface area contributed by atoms with E-state index in [1.165, 1.54) is 6.07 Å². The van der Waals surface area contributed by atoms with Crippen molar-refractivity contribution >= 4 is 16.9 Å². The van der Waals surface area contributed by atoms with Gasteiger partial charge in [-0.25, -0.2) is 4.39 Å². The Morgan fingerprint density at radius 3 is 2.68 bits per heavy atom. The average molecular weight is 341 g/mol. The quantitative estimate of drug-likeness (QED) is 0.721. The highest BCUT2D eigenvalue weighted by molar-refractivity contribution is 5.78. The molecule has 2 aromatic carbocycles. The largest absolute Gasteiger partial charge is 0.458 e. The highest BCUT2D eigenvalue weighted by atomic mass is 19.1. The molecule has 3 rings (SSSR count). The number of hydrogen-bond donors (Lipinski definition) is 2. The molecule has 130 valence electrons. The lowest BCUT2D eigenvalue weighted by Gasteiger charge is -2.21. The maximum atomic E-state index is 13.6. The fourth-order valence-electron chi connectivity index (χ4n) is 2.64. The van der Waals surface area contributed by atoms with E-state index in [4.69, 9.17) is 4.42 Å². The van der Waals surface area contributed by atoms with Crippen LogP contribution in [-0.2, 0) is 16.8 Å². The minimum Gasteiger partial charge on any atom is -0.458 e. The molecular weight excluding hydrogens is 321 g/mol. The molecule has 2 N–H and O–H groups in total. The van der Waals surface area contributed by atoms with Crippen molar-refractivity contribution in [2.45, 2.75) is 25.4 Å². The minimum absolute atomic E-state index is 0.0168. The summed E-state index contributed by atoms with van der Waals surface area (Å²) in [7, 11) is 0. The topological polar surface area (TPSA) is 62.5 Å². The Hall–Kier alpha value is -2.66. The normalized spacial score (nSPS) is 13.6. The molecule has 5 heteroatoms. The Morgan fingerprint density at radius 2 is 1.92 bits per heavy atom. The first-order valence-electron chi connectivity index (χ1n) is 8.17. The number of aryl methyl sites for hydroxylation is 1. The molecule has 25 heavy (non-hydrogen) atoms. The molecule has 1 heterocycles. The molecule has 4 nitrogen and oxygen atoms in total. The third kappa shape index (κ3) is 4.06. The number of hydrogen-bond acceptors (Lipinski definition) is 3. The molecular formula is C20H20FNO3. The SMILES string of the molecule is C[C@](O)(CNC(=O)CCc1ccccc1F)c1cc2ccccc2o1. The van der Waals surface area contributed by atoms with Gasteiger partial charge in [-0.1, -0.05) is 36.4 Å². The monoisotopic (exact) mass is 341 g/mol. The highest BCUT2D eigenvalue weighted by Crippen LogP contribution is 2.27. The number of halogens is 1. The predicted octanol–water partition coefficient (Wildman–Crippen LogP) is 3.53. The van der Waals surface area contributed by atoms with Gasteiger partial charge in [-0.3, -0.25) is 4.79 Å². The van der Waals surface area contributed by atoms with Gasteiger partial charge in [-0.05, 0) is 37.1 Å². The average Bonchev–Trinajstić information content (AvgIpc) is 3.04. The molecule has 1 amide bonds. The maximum absolute atomic E-state index is 13.6. The van der Waals surface area contributed by atoms with Gasteiger partial charge in [0.2, 0.25) is 5.91 Å². The molecule has 0 saturated carbocycles. The van der Waals surface area contributed by atoms with Crippen LogP contribution >= 0.6 is 0 Å². The first-order valence-corrected chi connectivity index (χ1v) is 8.17. The van der Waals surface area contributed by atoms with Crippen molar-refractivity contribution in [3.8, 4) is 0 Å². The second-order valence-corrected chi connectivity index (χ2v) is 6.29. The van der Waals surface area contributed by atoms with Gasteiger partial charge >= 0.3 is 0 Å². The van der Waals surface area contributed by atoms with Crippen LogP contribution < -0.4 is 5.32 Å². The number of aliphatic hydroxyl groups is 1. The fourth-order valence-corrected chi connectivity index (χ4v) is 2.64. The third-order valence-electron chi connectivity index (χ3n) is 4.17. The van der Waals surface area contributed by atoms with Crippen LogP contribution in [0.5, 0.6) is 0 Å². The Labute approximate surface area is 145 Å². The van der Waals surface area contributed by atoms with E-state index in [2.05, 4.69) is 5.32 Å². The van der Waals surface area contributed by atoms with Crippen LogP contribution in [0.15, 0.2) is 59.0 Å². The molecule has 0 aliphatic rings. The van der Waals surface area contributed by atoms with Crippen molar-refractivity contribution < 1.29 is 18.7 Å². The Balaban J connectivity index is 1.58. The summed E-state index contributed by atoms with van der Waals surface area (Å²) >= 11 is 0. The van der Waals surface area contributed by atoms with Crippen molar-refractivity contribution in [1.82, 2.24) is 5.32 Å². The Kier molecular flexibility index (Phi) is 4.86. The minimum atomic E-state index is -1.33. The van der Waals surface area contributed by atoms with Gasteiger partial charge in [0.05, 0.1) is 6.54 Å². The van der Waals surface area contributed by atoms with Gasteiger partial charge in [0, 0.05) is 11.8 Å². The summed E-state index contributed by atoms with van der Waals surface area (Å²) in [5.41, 5.74) is -0.141. The van der Waals surface area contributed by atoms with Gasteiger partial charge in [0.1, 0.15) is 22.8 Å². The van der Waals surface area contributed by atoms with E-state index >= 15 is 0 Å². The lowest BCUT2D eigenvalue weighted by molar-refractivity contribution is -0.122. The van der Waals surface area contributed by atoms with Crippen molar-refractivity contribution in [2.75, 3.05) is 6.54 Å². The molecule has 0 aliphatic heterocycles. The summed E-state index contributed by atoms with van der Waals surface area (Å²) in [4.78, 5) is 12.0. The van der Waals surface area contributed by atoms with Crippen molar-refractivity contribution in [2.24, 2.45) is 0 Å².